The summed E-state index contributed by atoms with van der Waals surface area (Å²) in [5.41, 5.74) is 0.547. The standard InChI is InChI=1S/C25H28N4O4/c1-18(2)17-33-25(32)28-14-8-13-27(15-16-28)24(31)22-20-11-6-7-12-21(20)23(30)29(26-22)19-9-4-3-5-10-19/h3-7,9-12,18H,8,13-17H2,1-2H3. The fraction of sp³-hybridized carbons (Fsp3) is 0.360. The molecule has 0 N–H and O–H groups in total. The first kappa shape index (κ1) is 22.5. The first-order valence-electron chi connectivity index (χ1n) is 11.2. The maximum Gasteiger partial charge on any atom is 0.409 e. The van der Waals surface area contributed by atoms with Crippen LogP contribution in [0, 0.1) is 5.92 Å². The van der Waals surface area contributed by atoms with Crippen molar-refractivity contribution in [3.05, 3.63) is 70.6 Å². The lowest BCUT2D eigenvalue weighted by molar-refractivity contribution is 0.0741. The minimum atomic E-state index is -0.348. The van der Waals surface area contributed by atoms with Gasteiger partial charge in [0.15, 0.2) is 5.69 Å². The van der Waals surface area contributed by atoms with Crippen LogP contribution < -0.4 is 5.56 Å². The number of para-hydroxylation sites is 1. The van der Waals surface area contributed by atoms with Crippen LogP contribution >= 0.6 is 0 Å². The molecule has 4 rings (SSSR count). The number of hydrogen-bond acceptors (Lipinski definition) is 5. The number of carbonyl (C=O) groups is 2. The van der Waals surface area contributed by atoms with Gasteiger partial charge in [-0.15, -0.1) is 0 Å². The van der Waals surface area contributed by atoms with Crippen molar-refractivity contribution < 1.29 is 14.3 Å². The van der Waals surface area contributed by atoms with E-state index in [1.54, 1.807) is 46.2 Å². The summed E-state index contributed by atoms with van der Waals surface area (Å²) in [5, 5.41) is 5.45. The molecule has 0 saturated carbocycles. The molecule has 1 fully saturated rings. The van der Waals surface area contributed by atoms with E-state index in [0.717, 1.165) is 0 Å². The second-order valence-electron chi connectivity index (χ2n) is 8.55. The van der Waals surface area contributed by atoms with Crippen molar-refractivity contribution >= 4 is 22.8 Å². The molecule has 2 aromatic carbocycles. The predicted octanol–water partition coefficient (Wildman–Crippen LogP) is 3.33. The fourth-order valence-electron chi connectivity index (χ4n) is 3.87. The molecule has 0 aliphatic carbocycles. The highest BCUT2D eigenvalue weighted by molar-refractivity contribution is 6.04. The molecule has 0 bridgehead atoms. The molecule has 3 aromatic rings. The Kier molecular flexibility index (Phi) is 6.72. The summed E-state index contributed by atoms with van der Waals surface area (Å²) in [7, 11) is 0. The van der Waals surface area contributed by atoms with Crippen molar-refractivity contribution in [3.8, 4) is 5.69 Å². The molecule has 8 heteroatoms. The molecule has 2 amide bonds. The zero-order valence-corrected chi connectivity index (χ0v) is 18.9. The van der Waals surface area contributed by atoms with Gasteiger partial charge in [0.1, 0.15) is 0 Å². The third kappa shape index (κ3) is 4.89. The number of hydrogen-bond donors (Lipinski definition) is 0. The van der Waals surface area contributed by atoms with Crippen molar-refractivity contribution in [3.63, 3.8) is 0 Å². The minimum absolute atomic E-state index is 0.227. The summed E-state index contributed by atoms with van der Waals surface area (Å²) in [6.07, 6.45) is 0.290. The molecular formula is C25H28N4O4. The number of carbonyl (C=O) groups excluding carboxylic acids is 2. The Balaban J connectivity index is 1.62. The van der Waals surface area contributed by atoms with Gasteiger partial charge < -0.3 is 14.5 Å². The molecule has 0 spiro atoms. The average Bonchev–Trinajstić information content (AvgIpc) is 3.09. The van der Waals surface area contributed by atoms with Crippen molar-refractivity contribution in [1.29, 1.82) is 0 Å². The summed E-state index contributed by atoms with van der Waals surface area (Å²) in [5.74, 6) is 0.00642. The molecule has 1 aromatic heterocycles. The van der Waals surface area contributed by atoms with Gasteiger partial charge in [0.25, 0.3) is 11.5 Å². The SMILES string of the molecule is CC(C)COC(=O)N1CCCN(C(=O)c2nn(-c3ccccc3)c(=O)c3ccccc23)CC1. The van der Waals surface area contributed by atoms with Crippen LogP contribution in [0.4, 0.5) is 4.79 Å². The first-order chi connectivity index (χ1) is 16.0. The maximum atomic E-state index is 13.6. The number of aromatic nitrogens is 2. The highest BCUT2D eigenvalue weighted by atomic mass is 16.6. The zero-order chi connectivity index (χ0) is 23.4. The second-order valence-corrected chi connectivity index (χ2v) is 8.55. The fourth-order valence-corrected chi connectivity index (χ4v) is 3.87. The Morgan fingerprint density at radius 3 is 2.27 bits per heavy atom. The Morgan fingerprint density at radius 2 is 1.55 bits per heavy atom. The largest absolute Gasteiger partial charge is 0.449 e. The third-order valence-electron chi connectivity index (χ3n) is 5.59. The summed E-state index contributed by atoms with van der Waals surface area (Å²) >= 11 is 0. The number of nitrogens with zero attached hydrogens (tertiary/aromatic N) is 4. The number of benzene rings is 2. The van der Waals surface area contributed by atoms with Gasteiger partial charge in [-0.05, 0) is 30.5 Å². The lowest BCUT2D eigenvalue weighted by Crippen LogP contribution is -2.39. The van der Waals surface area contributed by atoms with Gasteiger partial charge in [-0.1, -0.05) is 50.2 Å². The molecule has 1 saturated heterocycles. The predicted molar refractivity (Wildman–Crippen MR) is 126 cm³/mol. The van der Waals surface area contributed by atoms with Crippen LogP contribution in [0.25, 0.3) is 16.5 Å². The van der Waals surface area contributed by atoms with E-state index in [1.165, 1.54) is 4.68 Å². The Bertz CT molecular complexity index is 1210. The quantitative estimate of drug-likeness (QED) is 0.611. The van der Waals surface area contributed by atoms with Crippen LogP contribution in [0.5, 0.6) is 0 Å². The summed E-state index contributed by atoms with van der Waals surface area (Å²) in [4.78, 5) is 42.4. The normalized spacial score (nSPS) is 14.4. The zero-order valence-electron chi connectivity index (χ0n) is 18.9. The molecule has 8 nitrogen and oxygen atoms in total. The van der Waals surface area contributed by atoms with Crippen LogP contribution in [0.15, 0.2) is 59.4 Å². The van der Waals surface area contributed by atoms with Crippen LogP contribution in [-0.4, -0.2) is 64.4 Å². The van der Waals surface area contributed by atoms with E-state index in [-0.39, 0.29) is 29.2 Å². The molecule has 2 heterocycles. The summed E-state index contributed by atoms with van der Waals surface area (Å²) < 4.78 is 6.63. The Hall–Kier alpha value is -3.68. The summed E-state index contributed by atoms with van der Waals surface area (Å²) in [6, 6.07) is 16.1. The van der Waals surface area contributed by atoms with E-state index in [4.69, 9.17) is 4.74 Å². The van der Waals surface area contributed by atoms with E-state index in [2.05, 4.69) is 5.10 Å². The van der Waals surface area contributed by atoms with Gasteiger partial charge >= 0.3 is 6.09 Å². The minimum Gasteiger partial charge on any atom is -0.449 e. The average molecular weight is 449 g/mol. The number of fused-ring (bicyclic) bond motifs is 1. The molecule has 1 aliphatic heterocycles. The molecule has 33 heavy (non-hydrogen) atoms. The molecular weight excluding hydrogens is 420 g/mol. The second kappa shape index (κ2) is 9.85. The lowest BCUT2D eigenvalue weighted by atomic mass is 10.1. The Morgan fingerprint density at radius 1 is 0.909 bits per heavy atom. The smallest absolute Gasteiger partial charge is 0.409 e. The molecule has 0 radical (unpaired) electrons. The van der Waals surface area contributed by atoms with Gasteiger partial charge in [-0.3, -0.25) is 9.59 Å². The van der Waals surface area contributed by atoms with Crippen LogP contribution in [0.2, 0.25) is 0 Å². The van der Waals surface area contributed by atoms with Gasteiger partial charge in [0, 0.05) is 31.6 Å². The van der Waals surface area contributed by atoms with Crippen molar-refractivity contribution in [1.82, 2.24) is 19.6 Å². The van der Waals surface area contributed by atoms with Gasteiger partial charge in [-0.2, -0.15) is 9.78 Å². The topological polar surface area (TPSA) is 84.7 Å². The molecule has 0 atom stereocenters. The van der Waals surface area contributed by atoms with Crippen molar-refractivity contribution in [2.24, 2.45) is 5.92 Å². The van der Waals surface area contributed by atoms with E-state index in [9.17, 15) is 14.4 Å². The highest BCUT2D eigenvalue weighted by Crippen LogP contribution is 2.18. The highest BCUT2D eigenvalue weighted by Gasteiger charge is 2.26. The molecule has 0 unspecified atom stereocenters. The monoisotopic (exact) mass is 448 g/mol. The van der Waals surface area contributed by atoms with Crippen LogP contribution in [-0.2, 0) is 4.74 Å². The Labute approximate surface area is 192 Å². The number of rotatable bonds is 4. The maximum absolute atomic E-state index is 13.6. The van der Waals surface area contributed by atoms with E-state index >= 15 is 0 Å². The van der Waals surface area contributed by atoms with Crippen LogP contribution in [0.3, 0.4) is 0 Å². The van der Waals surface area contributed by atoms with Gasteiger partial charge in [-0.25, -0.2) is 4.79 Å². The molecule has 1 aliphatic rings. The van der Waals surface area contributed by atoms with E-state index < -0.39 is 0 Å². The van der Waals surface area contributed by atoms with E-state index in [0.29, 0.717) is 55.7 Å². The third-order valence-corrected chi connectivity index (χ3v) is 5.59. The number of ether oxygens (including phenoxy) is 1. The summed E-state index contributed by atoms with van der Waals surface area (Å²) in [6.45, 7) is 6.13. The number of amides is 2. The van der Waals surface area contributed by atoms with Gasteiger partial charge in [0.2, 0.25) is 0 Å². The van der Waals surface area contributed by atoms with Crippen molar-refractivity contribution in [2.45, 2.75) is 20.3 Å². The first-order valence-corrected chi connectivity index (χ1v) is 11.2. The lowest BCUT2D eigenvalue weighted by Gasteiger charge is -2.22. The van der Waals surface area contributed by atoms with E-state index in [1.807, 2.05) is 32.0 Å². The van der Waals surface area contributed by atoms with Crippen LogP contribution in [0.1, 0.15) is 30.8 Å². The van der Waals surface area contributed by atoms with Gasteiger partial charge in [0.05, 0.1) is 17.7 Å². The van der Waals surface area contributed by atoms with Crippen molar-refractivity contribution in [2.75, 3.05) is 32.8 Å². The molecule has 172 valence electrons.